The Labute approximate surface area is 81.5 Å². The Bertz CT molecular complexity index is 212. The number of carbonyl (C=O) groups excluding carboxylic acids is 2. The maximum Gasteiger partial charge on any atom is 0.372 e. The number of hydrogen-bond acceptors (Lipinski definition) is 4. The third-order valence-electron chi connectivity index (χ3n) is 1.06. The molecule has 0 bridgehead atoms. The summed E-state index contributed by atoms with van der Waals surface area (Å²) in [6, 6.07) is 0. The highest BCUT2D eigenvalue weighted by Gasteiger charge is 2.10. The summed E-state index contributed by atoms with van der Waals surface area (Å²) in [6.45, 7) is 4.94. The van der Waals surface area contributed by atoms with Crippen LogP contribution in [0.25, 0.3) is 0 Å². The number of rotatable bonds is 6. The molecule has 5 heteroatoms. The van der Waals surface area contributed by atoms with Crippen LogP contribution < -0.4 is 0 Å². The monoisotopic (exact) mass is 206 g/mol. The molecule has 0 aliphatic carbocycles. The molecule has 13 heavy (non-hydrogen) atoms. The second-order valence-electron chi connectivity index (χ2n) is 2.10. The Morgan fingerprint density at radius 2 is 2.00 bits per heavy atom. The van der Waals surface area contributed by atoms with E-state index in [1.165, 1.54) is 0 Å². The highest BCUT2D eigenvalue weighted by Crippen LogP contribution is 1.97. The molecule has 0 spiro atoms. The largest absolute Gasteiger partial charge is 0.479 e. The molecule has 0 fully saturated rings. The lowest BCUT2D eigenvalue weighted by molar-refractivity contribution is -0.142. The van der Waals surface area contributed by atoms with Crippen LogP contribution in [0.3, 0.4) is 0 Å². The fourth-order valence-electron chi connectivity index (χ4n) is 0.477. The van der Waals surface area contributed by atoms with Crippen molar-refractivity contribution in [3.05, 3.63) is 12.3 Å². The number of carbonyl (C=O) groups is 2. The van der Waals surface area contributed by atoms with Crippen LogP contribution in [0.5, 0.6) is 0 Å². The molecule has 4 nitrogen and oxygen atoms in total. The van der Waals surface area contributed by atoms with Crippen molar-refractivity contribution in [2.24, 2.45) is 0 Å². The summed E-state index contributed by atoms with van der Waals surface area (Å²) < 4.78 is 9.27. The molecule has 0 saturated heterocycles. The molecule has 0 atom stereocenters. The Morgan fingerprint density at radius 3 is 2.46 bits per heavy atom. The molecule has 0 aromatic rings. The molecule has 74 valence electrons. The maximum atomic E-state index is 10.9. The SMILES string of the molecule is C=C(OCC(=O)CCl)C(=O)OCC. The summed E-state index contributed by atoms with van der Waals surface area (Å²) >= 11 is 5.20. The van der Waals surface area contributed by atoms with Gasteiger partial charge in [0.2, 0.25) is 0 Å². The highest BCUT2D eigenvalue weighted by atomic mass is 35.5. The number of Topliss-reactive ketones (excluding diaryl/α,β-unsaturated/α-hetero) is 1. The fourth-order valence-corrected chi connectivity index (χ4v) is 0.554. The van der Waals surface area contributed by atoms with Crippen molar-refractivity contribution in [1.82, 2.24) is 0 Å². The van der Waals surface area contributed by atoms with Gasteiger partial charge in [0.15, 0.2) is 11.5 Å². The molecule has 0 unspecified atom stereocenters. The van der Waals surface area contributed by atoms with Crippen molar-refractivity contribution in [2.75, 3.05) is 19.1 Å². The van der Waals surface area contributed by atoms with E-state index < -0.39 is 5.97 Å². The van der Waals surface area contributed by atoms with Gasteiger partial charge < -0.3 is 9.47 Å². The molecular weight excluding hydrogens is 196 g/mol. The summed E-state index contributed by atoms with van der Waals surface area (Å²) in [7, 11) is 0. The van der Waals surface area contributed by atoms with Gasteiger partial charge >= 0.3 is 5.97 Å². The van der Waals surface area contributed by atoms with Crippen LogP contribution in [0.2, 0.25) is 0 Å². The molecule has 0 aliphatic heterocycles. The zero-order chi connectivity index (χ0) is 10.3. The van der Waals surface area contributed by atoms with Crippen molar-refractivity contribution < 1.29 is 19.1 Å². The van der Waals surface area contributed by atoms with E-state index in [0.717, 1.165) is 0 Å². The van der Waals surface area contributed by atoms with Gasteiger partial charge in [-0.05, 0) is 13.5 Å². The number of ketones is 1. The fraction of sp³-hybridized carbons (Fsp3) is 0.500. The Kier molecular flexibility index (Phi) is 5.97. The van der Waals surface area contributed by atoms with Crippen LogP contribution in [-0.4, -0.2) is 30.8 Å². The average Bonchev–Trinajstić information content (AvgIpc) is 2.13. The van der Waals surface area contributed by atoms with E-state index in [0.29, 0.717) is 0 Å². The summed E-state index contributed by atoms with van der Waals surface area (Å²) in [5, 5.41) is 0. The first kappa shape index (κ1) is 12.0. The van der Waals surface area contributed by atoms with Gasteiger partial charge in [0.05, 0.1) is 12.5 Å². The zero-order valence-electron chi connectivity index (χ0n) is 7.34. The van der Waals surface area contributed by atoms with E-state index >= 15 is 0 Å². The molecule has 0 aliphatic rings. The Hall–Kier alpha value is -1.03. The summed E-state index contributed by atoms with van der Waals surface area (Å²) in [4.78, 5) is 21.5. The van der Waals surface area contributed by atoms with Crippen LogP contribution >= 0.6 is 11.6 Å². The first-order valence-corrected chi connectivity index (χ1v) is 4.21. The van der Waals surface area contributed by atoms with Gasteiger partial charge in [-0.1, -0.05) is 0 Å². The van der Waals surface area contributed by atoms with Crippen LogP contribution in [0.4, 0.5) is 0 Å². The number of hydrogen-bond donors (Lipinski definition) is 0. The molecule has 0 heterocycles. The van der Waals surface area contributed by atoms with Gasteiger partial charge in [-0.15, -0.1) is 11.6 Å². The summed E-state index contributed by atoms with van der Waals surface area (Å²) in [5.74, 6) is -1.30. The Morgan fingerprint density at radius 1 is 1.38 bits per heavy atom. The van der Waals surface area contributed by atoms with Crippen molar-refractivity contribution in [3.63, 3.8) is 0 Å². The molecule has 0 rings (SSSR count). The van der Waals surface area contributed by atoms with Crippen LogP contribution in [0.15, 0.2) is 12.3 Å². The van der Waals surface area contributed by atoms with E-state index in [1.807, 2.05) is 0 Å². The van der Waals surface area contributed by atoms with E-state index in [-0.39, 0.29) is 30.6 Å². The molecular formula is C8H11ClO4. The van der Waals surface area contributed by atoms with E-state index in [2.05, 4.69) is 11.3 Å². The van der Waals surface area contributed by atoms with Gasteiger partial charge in [-0.3, -0.25) is 4.79 Å². The quantitative estimate of drug-likeness (QED) is 0.280. The standard InChI is InChI=1S/C8H11ClO4/c1-3-12-8(11)6(2)13-5-7(10)4-9/h2-5H2,1H3. The number of esters is 1. The van der Waals surface area contributed by atoms with Crippen molar-refractivity contribution in [3.8, 4) is 0 Å². The van der Waals surface area contributed by atoms with Gasteiger partial charge in [0.25, 0.3) is 0 Å². The van der Waals surface area contributed by atoms with Crippen molar-refractivity contribution >= 4 is 23.4 Å². The average molecular weight is 207 g/mol. The van der Waals surface area contributed by atoms with E-state index in [9.17, 15) is 9.59 Å². The van der Waals surface area contributed by atoms with Gasteiger partial charge in [-0.25, -0.2) is 4.79 Å². The predicted octanol–water partition coefficient (Wildman–Crippen LogP) is 0.888. The molecule has 0 saturated carbocycles. The number of halogens is 1. The summed E-state index contributed by atoms with van der Waals surface area (Å²) in [5.41, 5.74) is 0. The molecule has 0 aromatic heterocycles. The second kappa shape index (κ2) is 6.48. The van der Waals surface area contributed by atoms with Crippen molar-refractivity contribution in [2.45, 2.75) is 6.92 Å². The molecule has 0 N–H and O–H groups in total. The third-order valence-corrected chi connectivity index (χ3v) is 1.36. The lowest BCUT2D eigenvalue weighted by Crippen LogP contribution is -2.15. The summed E-state index contributed by atoms with van der Waals surface area (Å²) in [6.07, 6.45) is 0. The van der Waals surface area contributed by atoms with Crippen LogP contribution in [0, 0.1) is 0 Å². The minimum atomic E-state index is -0.662. The smallest absolute Gasteiger partial charge is 0.372 e. The van der Waals surface area contributed by atoms with E-state index in [1.54, 1.807) is 6.92 Å². The molecule has 0 radical (unpaired) electrons. The van der Waals surface area contributed by atoms with Gasteiger partial charge in [-0.2, -0.15) is 0 Å². The number of ether oxygens (including phenoxy) is 2. The van der Waals surface area contributed by atoms with Gasteiger partial charge in [0.1, 0.15) is 6.61 Å². The first-order chi connectivity index (χ1) is 6.11. The maximum absolute atomic E-state index is 10.9. The van der Waals surface area contributed by atoms with E-state index in [4.69, 9.17) is 16.3 Å². The first-order valence-electron chi connectivity index (χ1n) is 3.68. The zero-order valence-corrected chi connectivity index (χ0v) is 8.10. The highest BCUT2D eigenvalue weighted by molar-refractivity contribution is 6.27. The third kappa shape index (κ3) is 5.25. The number of alkyl halides is 1. The molecule has 0 amide bonds. The van der Waals surface area contributed by atoms with Gasteiger partial charge in [0, 0.05) is 0 Å². The van der Waals surface area contributed by atoms with Crippen molar-refractivity contribution in [1.29, 1.82) is 0 Å². The second-order valence-corrected chi connectivity index (χ2v) is 2.37. The molecule has 0 aromatic carbocycles. The lowest BCUT2D eigenvalue weighted by atomic mass is 10.5. The predicted molar refractivity (Wildman–Crippen MR) is 47.5 cm³/mol. The minimum absolute atomic E-state index is 0.143. The normalized spacial score (nSPS) is 9.08. The Balaban J connectivity index is 3.74. The lowest BCUT2D eigenvalue weighted by Gasteiger charge is -2.05. The van der Waals surface area contributed by atoms with Crippen LogP contribution in [-0.2, 0) is 19.1 Å². The van der Waals surface area contributed by atoms with Crippen LogP contribution in [0.1, 0.15) is 6.92 Å². The minimum Gasteiger partial charge on any atom is -0.479 e. The topological polar surface area (TPSA) is 52.6 Å².